The van der Waals surface area contributed by atoms with Crippen LogP contribution in [0.2, 0.25) is 0 Å². The van der Waals surface area contributed by atoms with E-state index in [0.717, 1.165) is 6.42 Å². The van der Waals surface area contributed by atoms with Gasteiger partial charge in [0.15, 0.2) is 0 Å². The van der Waals surface area contributed by atoms with Crippen LogP contribution in [-0.2, 0) is 24.7 Å². The summed E-state index contributed by atoms with van der Waals surface area (Å²) in [5, 5.41) is 0. The minimum atomic E-state index is -0.0282. The Kier molecular flexibility index (Phi) is 4.47. The number of hydrogen-bond donors (Lipinski definition) is 0. The van der Waals surface area contributed by atoms with Crippen LogP contribution in [0.25, 0.3) is 6.08 Å². The van der Waals surface area contributed by atoms with Crippen molar-refractivity contribution in [2.45, 2.75) is 72.1 Å². The van der Waals surface area contributed by atoms with Crippen molar-refractivity contribution in [3.63, 3.8) is 0 Å². The van der Waals surface area contributed by atoms with Gasteiger partial charge in [-0.3, -0.25) is 0 Å². The highest BCUT2D eigenvalue weighted by Gasteiger charge is 2.55. The number of aryl methyl sites for hydroxylation is 1. The van der Waals surface area contributed by atoms with Gasteiger partial charge in [0.05, 0.1) is 0 Å². The summed E-state index contributed by atoms with van der Waals surface area (Å²) in [6.07, 6.45) is 11.2. The van der Waals surface area contributed by atoms with Gasteiger partial charge >= 0.3 is 0 Å². The minimum absolute atomic E-state index is 0.00529. The molecule has 1 atom stereocenters. The summed E-state index contributed by atoms with van der Waals surface area (Å²) in [6, 6.07) is 16.0. The van der Waals surface area contributed by atoms with Crippen molar-refractivity contribution in [1.29, 1.82) is 0 Å². The molecule has 0 radical (unpaired) electrons. The Balaban J connectivity index is 1.82. The van der Waals surface area contributed by atoms with Crippen molar-refractivity contribution in [2.75, 3.05) is 0 Å². The summed E-state index contributed by atoms with van der Waals surface area (Å²) in [4.78, 5) is 0. The Hall–Kier alpha value is -2.34. The van der Waals surface area contributed by atoms with Gasteiger partial charge in [-0.1, -0.05) is 72.7 Å². The molecule has 2 aromatic carbocycles. The van der Waals surface area contributed by atoms with Crippen molar-refractivity contribution in [1.82, 2.24) is 0 Å². The highest BCUT2D eigenvalue weighted by molar-refractivity contribution is 5.73. The molecule has 0 N–H and O–H groups in total. The maximum atomic E-state index is 2.58. The van der Waals surface area contributed by atoms with E-state index in [1.165, 1.54) is 48.0 Å². The third-order valence-electron chi connectivity index (χ3n) is 8.96. The third kappa shape index (κ3) is 2.46. The van der Waals surface area contributed by atoms with Gasteiger partial charge in [-0.25, -0.2) is 0 Å². The molecule has 0 aliphatic heterocycles. The largest absolute Gasteiger partial charge is 0.0718 e. The van der Waals surface area contributed by atoms with Crippen LogP contribution >= 0.6 is 0 Å². The van der Waals surface area contributed by atoms with Crippen LogP contribution in [0.4, 0.5) is 0 Å². The Morgan fingerprint density at radius 3 is 2.17 bits per heavy atom. The molecule has 0 heterocycles. The van der Waals surface area contributed by atoms with Gasteiger partial charge in [-0.05, 0) is 98.8 Å². The van der Waals surface area contributed by atoms with Gasteiger partial charge in [-0.15, -0.1) is 0 Å². The Morgan fingerprint density at radius 2 is 1.47 bits per heavy atom. The quantitative estimate of drug-likeness (QED) is 0.499. The van der Waals surface area contributed by atoms with E-state index < -0.39 is 0 Å². The predicted octanol–water partition coefficient (Wildman–Crippen LogP) is 7.77. The van der Waals surface area contributed by atoms with E-state index in [0.29, 0.717) is 0 Å². The van der Waals surface area contributed by atoms with Crippen LogP contribution in [0, 0.1) is 5.41 Å². The third-order valence-corrected chi connectivity index (χ3v) is 8.96. The lowest BCUT2D eigenvalue weighted by Gasteiger charge is -2.48. The second-order valence-corrected chi connectivity index (χ2v) is 9.97. The molecule has 30 heavy (non-hydrogen) atoms. The van der Waals surface area contributed by atoms with Gasteiger partial charge in [0.2, 0.25) is 0 Å². The van der Waals surface area contributed by atoms with Gasteiger partial charge in [0.25, 0.3) is 0 Å². The van der Waals surface area contributed by atoms with E-state index in [1.807, 2.05) is 0 Å². The van der Waals surface area contributed by atoms with E-state index in [-0.39, 0.29) is 10.8 Å². The van der Waals surface area contributed by atoms with Crippen molar-refractivity contribution >= 4 is 6.08 Å². The van der Waals surface area contributed by atoms with Crippen molar-refractivity contribution in [3.8, 4) is 0 Å². The lowest BCUT2D eigenvalue weighted by Crippen LogP contribution is -2.45. The van der Waals surface area contributed by atoms with Gasteiger partial charge in [-0.2, -0.15) is 0 Å². The molecule has 0 fully saturated rings. The normalized spacial score (nSPS) is 24.4. The molecule has 0 aromatic heterocycles. The van der Waals surface area contributed by atoms with Crippen LogP contribution in [-0.4, -0.2) is 0 Å². The Labute approximate surface area is 182 Å². The van der Waals surface area contributed by atoms with Crippen molar-refractivity contribution < 1.29 is 0 Å². The molecule has 5 rings (SSSR count). The van der Waals surface area contributed by atoms with E-state index >= 15 is 0 Å². The van der Waals surface area contributed by atoms with E-state index in [4.69, 9.17) is 0 Å². The summed E-state index contributed by atoms with van der Waals surface area (Å²) in [6.45, 7) is 12.0. The number of fused-ring (bicyclic) bond motifs is 3. The average Bonchev–Trinajstić information content (AvgIpc) is 3.23. The molecule has 0 heteroatoms. The molecule has 3 aliphatic rings. The molecule has 0 bridgehead atoms. The molecule has 1 unspecified atom stereocenters. The molecular weight excluding hydrogens is 360 g/mol. The highest BCUT2D eigenvalue weighted by atomic mass is 14.6. The summed E-state index contributed by atoms with van der Waals surface area (Å²) >= 11 is 0. The lowest BCUT2D eigenvalue weighted by atomic mass is 9.53. The highest BCUT2D eigenvalue weighted by Crippen LogP contribution is 2.62. The first kappa shape index (κ1) is 19.6. The van der Waals surface area contributed by atoms with Gasteiger partial charge < -0.3 is 0 Å². The summed E-state index contributed by atoms with van der Waals surface area (Å²) in [5.74, 6) is 0. The number of allylic oxidation sites excluding steroid dienone is 5. The number of hydrogen-bond acceptors (Lipinski definition) is 0. The zero-order valence-electron chi connectivity index (χ0n) is 19.2. The lowest BCUT2D eigenvalue weighted by molar-refractivity contribution is 0.287. The van der Waals surface area contributed by atoms with Gasteiger partial charge in [0, 0.05) is 10.8 Å². The zero-order valence-corrected chi connectivity index (χ0v) is 19.2. The predicted molar refractivity (Wildman–Crippen MR) is 129 cm³/mol. The summed E-state index contributed by atoms with van der Waals surface area (Å²) < 4.78 is 0. The molecule has 0 amide bonds. The van der Waals surface area contributed by atoms with Crippen LogP contribution in [0.1, 0.15) is 75.3 Å². The molecule has 2 aromatic rings. The summed E-state index contributed by atoms with van der Waals surface area (Å²) in [5.41, 5.74) is 13.9. The fraction of sp³-hybridized carbons (Fsp3) is 0.400. The van der Waals surface area contributed by atoms with Crippen LogP contribution < -0.4 is 0 Å². The first-order valence-corrected chi connectivity index (χ1v) is 11.6. The first-order valence-electron chi connectivity index (χ1n) is 11.6. The first-order chi connectivity index (χ1) is 14.4. The average molecular weight is 395 g/mol. The number of benzene rings is 2. The standard InChI is InChI=1S/C30H34/c1-20-21(2)23(4)29(5,22(20)3)30(19-24-11-7-6-8-12-24)18-17-26-16-15-25-13-9-10-14-27(25)28(26)30/h6-8,11-12,15-18H,9-10,13-14,19H2,1-5H3. The van der Waals surface area contributed by atoms with E-state index in [9.17, 15) is 0 Å². The topological polar surface area (TPSA) is 0 Å². The molecule has 0 spiro atoms. The fourth-order valence-electron chi connectivity index (χ4n) is 6.75. The molecule has 0 nitrogen and oxygen atoms in total. The fourth-order valence-corrected chi connectivity index (χ4v) is 6.75. The molecule has 0 saturated heterocycles. The second-order valence-electron chi connectivity index (χ2n) is 9.97. The van der Waals surface area contributed by atoms with E-state index in [2.05, 4.69) is 89.2 Å². The smallest absolute Gasteiger partial charge is 0.0313 e. The molecular formula is C30H34. The number of rotatable bonds is 3. The maximum Gasteiger partial charge on any atom is 0.0313 e. The van der Waals surface area contributed by atoms with E-state index in [1.54, 1.807) is 27.8 Å². The van der Waals surface area contributed by atoms with Crippen molar-refractivity contribution in [2.24, 2.45) is 5.41 Å². The van der Waals surface area contributed by atoms with Crippen molar-refractivity contribution in [3.05, 3.63) is 98.7 Å². The molecule has 0 saturated carbocycles. The SMILES string of the molecule is CC1=C(C)C(C)(C2(Cc3ccccc3)C=Cc3ccc4c(c32)CCCC4)C(C)=C1C. The Bertz CT molecular complexity index is 1080. The van der Waals surface area contributed by atoms with Crippen LogP contribution in [0.15, 0.2) is 70.8 Å². The van der Waals surface area contributed by atoms with Gasteiger partial charge in [0.1, 0.15) is 0 Å². The summed E-state index contributed by atoms with van der Waals surface area (Å²) in [7, 11) is 0. The zero-order chi connectivity index (χ0) is 21.1. The maximum absolute atomic E-state index is 2.58. The molecule has 154 valence electrons. The molecule has 3 aliphatic carbocycles. The van der Waals surface area contributed by atoms with Crippen LogP contribution in [0.5, 0.6) is 0 Å². The van der Waals surface area contributed by atoms with Crippen LogP contribution in [0.3, 0.4) is 0 Å². The second kappa shape index (κ2) is 6.84. The Morgan fingerprint density at radius 1 is 0.800 bits per heavy atom. The minimum Gasteiger partial charge on any atom is -0.0718 e. The monoisotopic (exact) mass is 394 g/mol.